The predicted octanol–water partition coefficient (Wildman–Crippen LogP) is 8.59. The summed E-state index contributed by atoms with van der Waals surface area (Å²) in [4.78, 5) is 140. The van der Waals surface area contributed by atoms with Gasteiger partial charge in [0.05, 0.1) is 21.9 Å². The van der Waals surface area contributed by atoms with Crippen LogP contribution in [-0.4, -0.2) is 176 Å². The van der Waals surface area contributed by atoms with Gasteiger partial charge in [0, 0.05) is 73.6 Å². The summed E-state index contributed by atoms with van der Waals surface area (Å²) in [5.41, 5.74) is 5.50. The minimum atomic E-state index is -2.22. The summed E-state index contributed by atoms with van der Waals surface area (Å²) in [7, 11) is 0. The average Bonchev–Trinajstić information content (AvgIpc) is 0.752. The first-order valence-electron chi connectivity index (χ1n) is 41.9. The number of phenolic OH excluding ortho intramolecular Hbond substituents is 3. The lowest BCUT2D eigenvalue weighted by Gasteiger charge is -2.54. The van der Waals surface area contributed by atoms with Crippen LogP contribution >= 0.6 is 23.2 Å². The first kappa shape index (κ1) is 89.7. The SMILES string of the molecule is CCNCCCc1ccc(NC(=O)NC(=O)C[C@@H]2CC(=O)[C@H](NC(=O)[C@H](CC)CC(C)C)[C@H](O)c3ccc(c(Cl)c3)Oc3cc4cc(c3O[C@@H]3O[C@H](CN)[C@@H](O)[C@H](O)[C@H]3O)Oc3ccc(cc3Cl)[C@@H](O)[C@@H]3NC(=O)[C@H](CC(=O)[C@@H]4NC2=O)c2ccc(O)c(c2)-c2c(O)cc(O)cc2[C@@H](C(=O)CC2C4CC5CC(C4)CC2C5)NC3=O)cc1OCCNCC. The Bertz CT molecular complexity index is 4910. The molecule has 15 bridgehead atoms. The molecule has 6 aromatic carbocycles. The molecular weight excluding hydrogens is 1620 g/mol. The van der Waals surface area contributed by atoms with Crippen LogP contribution in [0.15, 0.2) is 97.1 Å². The quantitative estimate of drug-likeness (QED) is 0.0252. The Labute approximate surface area is 715 Å². The molecule has 4 saturated carbocycles. The van der Waals surface area contributed by atoms with E-state index in [1.54, 1.807) is 25.1 Å². The van der Waals surface area contributed by atoms with E-state index in [4.69, 9.17) is 52.6 Å². The largest absolute Gasteiger partial charge is 0.508 e. The van der Waals surface area contributed by atoms with Crippen LogP contribution in [0.4, 0.5) is 10.5 Å². The number of imide groups is 1. The lowest BCUT2D eigenvalue weighted by molar-refractivity contribution is -0.270. The lowest BCUT2D eigenvalue weighted by atomic mass is 9.51. The number of aliphatic hydroxyl groups excluding tert-OH is 5. The van der Waals surface area contributed by atoms with Crippen LogP contribution in [0.1, 0.15) is 175 Å². The number of benzene rings is 6. The number of aliphatic hydroxyl groups is 5. The number of carbonyl (C=O) groups excluding carboxylic acids is 9. The number of hydrogen-bond donors (Lipinski definition) is 17. The maximum atomic E-state index is 16.7. The molecule has 10 aliphatic rings. The number of fused-ring (bicyclic) bond motifs is 15. The average molecular weight is 1730 g/mol. The number of hydrogen-bond acceptors (Lipinski definition) is 25. The molecule has 18 N–H and O–H groups in total. The van der Waals surface area contributed by atoms with Crippen molar-refractivity contribution in [1.29, 1.82) is 0 Å². The number of anilines is 1. The highest BCUT2D eigenvalue weighted by Gasteiger charge is 2.51. The molecule has 14 atom stereocenters. The van der Waals surface area contributed by atoms with Crippen LogP contribution in [0.25, 0.3) is 11.1 Å². The lowest BCUT2D eigenvalue weighted by Crippen LogP contribution is -2.60. The van der Waals surface area contributed by atoms with Crippen LogP contribution < -0.4 is 67.2 Å². The molecule has 5 fully saturated rings. The molecule has 6 aliphatic heterocycles. The van der Waals surface area contributed by atoms with Crippen LogP contribution in [0.2, 0.25) is 10.0 Å². The van der Waals surface area contributed by atoms with E-state index < -0.39 is 198 Å². The fourth-order valence-corrected chi connectivity index (χ4v) is 19.0. The number of urea groups is 1. The maximum absolute atomic E-state index is 16.7. The van der Waals surface area contributed by atoms with Gasteiger partial charge in [-0.15, -0.1) is 0 Å². The van der Waals surface area contributed by atoms with Gasteiger partial charge in [0.1, 0.15) is 102 Å². The second kappa shape index (κ2) is 39.2. The highest BCUT2D eigenvalue weighted by Crippen LogP contribution is 2.58. The summed E-state index contributed by atoms with van der Waals surface area (Å²) in [5, 5.41) is 117. The molecule has 0 radical (unpaired) electrons. The van der Waals surface area contributed by atoms with E-state index >= 15 is 28.8 Å². The van der Waals surface area contributed by atoms with E-state index in [2.05, 4.69) is 42.5 Å². The van der Waals surface area contributed by atoms with E-state index in [-0.39, 0.29) is 109 Å². The number of amides is 7. The molecule has 122 heavy (non-hydrogen) atoms. The Kier molecular flexibility index (Phi) is 28.8. The number of nitrogens with one attached hydrogen (secondary N) is 8. The molecule has 7 amide bonds. The van der Waals surface area contributed by atoms with Gasteiger partial charge in [-0.25, -0.2) is 4.79 Å². The number of ether oxygens (including phenoxy) is 5. The van der Waals surface area contributed by atoms with Crippen LogP contribution in [-0.2, 0) is 49.5 Å². The van der Waals surface area contributed by atoms with Gasteiger partial charge in [0.15, 0.2) is 28.8 Å². The predicted molar refractivity (Wildman–Crippen MR) is 446 cm³/mol. The van der Waals surface area contributed by atoms with E-state index in [0.717, 1.165) is 87.5 Å². The third kappa shape index (κ3) is 20.2. The van der Waals surface area contributed by atoms with Gasteiger partial charge in [0.25, 0.3) is 0 Å². The van der Waals surface area contributed by atoms with E-state index in [1.807, 2.05) is 27.7 Å². The Morgan fingerprint density at radius 2 is 1.30 bits per heavy atom. The van der Waals surface area contributed by atoms with Crippen molar-refractivity contribution in [2.24, 2.45) is 53.1 Å². The summed E-state index contributed by atoms with van der Waals surface area (Å²) in [6.07, 6.45) is -9.96. The third-order valence-electron chi connectivity index (χ3n) is 24.6. The van der Waals surface area contributed by atoms with Gasteiger partial charge in [-0.2, -0.15) is 0 Å². The van der Waals surface area contributed by atoms with Crippen molar-refractivity contribution in [2.75, 3.05) is 44.6 Å². The van der Waals surface area contributed by atoms with Crippen molar-refractivity contribution < 1.29 is 108 Å². The molecule has 0 unspecified atom stereocenters. The van der Waals surface area contributed by atoms with E-state index in [1.165, 1.54) is 48.5 Å². The molecule has 6 aromatic rings. The molecule has 33 heteroatoms. The summed E-state index contributed by atoms with van der Waals surface area (Å²) in [6.45, 7) is 11.9. The topological polar surface area (TPSA) is 484 Å². The number of likely N-dealkylation sites (N-methyl/N-ethyl adjacent to an activating group) is 1. The fourth-order valence-electron chi connectivity index (χ4n) is 18.6. The van der Waals surface area contributed by atoms with E-state index in [0.29, 0.717) is 43.5 Å². The van der Waals surface area contributed by atoms with Gasteiger partial charge in [-0.3, -0.25) is 43.7 Å². The highest BCUT2D eigenvalue weighted by atomic mass is 35.5. The van der Waals surface area contributed by atoms with Gasteiger partial charge >= 0.3 is 6.03 Å². The van der Waals surface area contributed by atoms with Crippen LogP contribution in [0, 0.1) is 47.3 Å². The molecule has 31 nitrogen and oxygen atoms in total. The zero-order chi connectivity index (χ0) is 87.2. The van der Waals surface area contributed by atoms with Gasteiger partial charge in [-0.05, 0) is 207 Å². The maximum Gasteiger partial charge on any atom is 0.325 e. The van der Waals surface area contributed by atoms with Crippen LogP contribution in [0.5, 0.6) is 51.7 Å². The second-order valence-corrected chi connectivity index (χ2v) is 34.3. The number of ketones is 3. The highest BCUT2D eigenvalue weighted by molar-refractivity contribution is 6.32. The molecule has 0 aromatic heterocycles. The Morgan fingerprint density at radius 1 is 0.648 bits per heavy atom. The van der Waals surface area contributed by atoms with Crippen molar-refractivity contribution in [3.63, 3.8) is 0 Å². The van der Waals surface area contributed by atoms with Crippen molar-refractivity contribution in [2.45, 2.75) is 191 Å². The van der Waals surface area contributed by atoms with Crippen molar-refractivity contribution >= 4 is 81.8 Å². The first-order chi connectivity index (χ1) is 58.4. The molecule has 6 heterocycles. The van der Waals surface area contributed by atoms with Crippen molar-refractivity contribution in [1.82, 2.24) is 37.2 Å². The number of aryl methyl sites for hydroxylation is 1. The monoisotopic (exact) mass is 1720 g/mol. The molecule has 16 rings (SSSR count). The minimum Gasteiger partial charge on any atom is -0.508 e. The normalized spacial score (nSPS) is 27.1. The molecular formula is C89H107Cl2N9O22. The third-order valence-corrected chi connectivity index (χ3v) is 25.2. The Hall–Kier alpha value is -10.0. The number of Topliss-reactive ketones (excluding diaryl/α,β-unsaturated/α-hetero) is 3. The first-order valence-corrected chi connectivity index (χ1v) is 42.7. The standard InChI is InChI=1S/C89H107Cl2N9O22/c1-6-44(22-41(4)5)84(113)99-76-63(104)31-52(34-72(107)96-89(117)95-53-15-11-45(10-9-19-93-7-2)68(35-53)118-21-20-94-8-3)85(114)97-74-51-32-69(119-66-17-13-47(78(76)108)29-59(66)90)83(122-88-82(112)81(111)80(110)71(40-92)121-88)70(33-51)120-67-18-14-48(30-60(67)91)79(109)77-87(116)98-75(65(106)38-55-49-24-42-23-43(26-49)27-50(55)25-42)58-36-54(101)37-62(103)73(58)57-28-46(12-16-61(57)102)56(39-64(74)105)86(115)100-77/h11-18,28-30,32-33,35-37,41-44,49-50,52,55-56,71,74-82,88,93-94,101-103,108-112H,6-10,19-27,31,34,38-40,92H2,1-5H3,(H,97,114)(H,98,116)(H,99,113)(H,100,115)(H2,95,96,107,117)/t42?,43?,44-,49?,50?,52+,55?,56-,71-,74-,75+,76+,77+,78-,79-,80-,81+,82-,88+/m1/s1. The van der Waals surface area contributed by atoms with Crippen molar-refractivity contribution in [3.05, 3.63) is 140 Å². The number of rotatable bonds is 24. The van der Waals surface area contributed by atoms with Gasteiger partial charge in [-0.1, -0.05) is 82.1 Å². The Morgan fingerprint density at radius 3 is 1.94 bits per heavy atom. The smallest absolute Gasteiger partial charge is 0.325 e. The van der Waals surface area contributed by atoms with Crippen LogP contribution in [0.3, 0.4) is 0 Å². The van der Waals surface area contributed by atoms with E-state index in [9.17, 15) is 55.2 Å². The summed E-state index contributed by atoms with van der Waals surface area (Å²) in [5.74, 6) is -15.4. The number of carbonyl (C=O) groups is 9. The Balaban J connectivity index is 0.972. The molecule has 1 saturated heterocycles. The summed E-state index contributed by atoms with van der Waals surface area (Å²) < 4.78 is 32.1. The molecule has 4 aliphatic carbocycles. The second-order valence-electron chi connectivity index (χ2n) is 33.5. The van der Waals surface area contributed by atoms with Crippen molar-refractivity contribution in [3.8, 4) is 62.9 Å². The van der Waals surface area contributed by atoms with Gasteiger partial charge < -0.3 is 107 Å². The summed E-state index contributed by atoms with van der Waals surface area (Å²) >= 11 is 14.4. The number of nitrogens with two attached hydrogens (primary N) is 1. The number of phenols is 3. The zero-order valence-electron chi connectivity index (χ0n) is 68.3. The summed E-state index contributed by atoms with van der Waals surface area (Å²) in [6, 6.07) is 11.1. The van der Waals surface area contributed by atoms with Gasteiger partial charge in [0.2, 0.25) is 41.6 Å². The molecule has 0 spiro atoms. The number of halogens is 2. The zero-order valence-corrected chi connectivity index (χ0v) is 69.9. The molecule has 654 valence electrons. The number of aromatic hydroxyl groups is 3. The minimum absolute atomic E-state index is 0.0415. The fraction of sp³-hybridized carbons (Fsp3) is 0.494.